The second kappa shape index (κ2) is 6.78. The maximum Gasteiger partial charge on any atom is 0.315 e. The summed E-state index contributed by atoms with van der Waals surface area (Å²) in [5.41, 5.74) is -1.88. The van der Waals surface area contributed by atoms with E-state index in [2.05, 4.69) is 24.5 Å². The van der Waals surface area contributed by atoms with Crippen molar-refractivity contribution in [1.29, 1.82) is 0 Å². The van der Waals surface area contributed by atoms with E-state index in [0.29, 0.717) is 12.5 Å². The van der Waals surface area contributed by atoms with Crippen molar-refractivity contribution in [3.05, 3.63) is 0 Å². The summed E-state index contributed by atoms with van der Waals surface area (Å²) < 4.78 is 0. The molecule has 0 saturated heterocycles. The lowest BCUT2D eigenvalue weighted by Crippen LogP contribution is -2.59. The zero-order chi connectivity index (χ0) is 15.3. The Kier molecular flexibility index (Phi) is 6.33. The normalized spacial score (nSPS) is 12.4. The summed E-state index contributed by atoms with van der Waals surface area (Å²) in [4.78, 5) is 23.1. The fraction of sp³-hybridized carbons (Fsp3) is 0.857. The first kappa shape index (κ1) is 17.7. The number of carbonyl (C=O) groups excluding carboxylic acids is 1. The quantitative estimate of drug-likeness (QED) is 0.666. The van der Waals surface area contributed by atoms with Crippen LogP contribution in [0.4, 0.5) is 4.79 Å². The van der Waals surface area contributed by atoms with Gasteiger partial charge >= 0.3 is 12.0 Å². The van der Waals surface area contributed by atoms with Gasteiger partial charge in [0, 0.05) is 6.54 Å². The summed E-state index contributed by atoms with van der Waals surface area (Å²) in [6, 6.07) is -0.314. The second-order valence-corrected chi connectivity index (χ2v) is 6.07. The zero-order valence-electron chi connectivity index (χ0n) is 13.0. The molecule has 0 aliphatic rings. The Bertz CT molecular complexity index is 321. The maximum absolute atomic E-state index is 11.8. The fourth-order valence-corrected chi connectivity index (χ4v) is 1.57. The molecular formula is C14H28N2O3. The van der Waals surface area contributed by atoms with Crippen molar-refractivity contribution < 1.29 is 14.7 Å². The number of aliphatic carboxylic acids is 1. The standard InChI is InChI=1S/C14H28N2O3/c1-7-10(8-2)9-15-12(19)16-14(5,6)13(3,4)11(17)18/h10H,7-9H2,1-6H3,(H,17,18)(H2,15,16,19). The van der Waals surface area contributed by atoms with Gasteiger partial charge in [-0.1, -0.05) is 26.7 Å². The number of urea groups is 1. The number of nitrogens with one attached hydrogen (secondary N) is 2. The van der Waals surface area contributed by atoms with Gasteiger partial charge < -0.3 is 15.7 Å². The number of carboxylic acid groups (broad SMARTS) is 1. The number of hydrogen-bond donors (Lipinski definition) is 3. The fourth-order valence-electron chi connectivity index (χ4n) is 1.57. The van der Waals surface area contributed by atoms with Crippen LogP contribution in [0.3, 0.4) is 0 Å². The Morgan fingerprint density at radius 3 is 1.95 bits per heavy atom. The Hall–Kier alpha value is -1.26. The molecule has 5 heteroatoms. The molecule has 0 heterocycles. The third-order valence-corrected chi connectivity index (χ3v) is 4.23. The van der Waals surface area contributed by atoms with Crippen molar-refractivity contribution in [2.75, 3.05) is 6.54 Å². The van der Waals surface area contributed by atoms with Gasteiger partial charge in [0.05, 0.1) is 11.0 Å². The van der Waals surface area contributed by atoms with Crippen LogP contribution in [-0.4, -0.2) is 29.2 Å². The summed E-state index contributed by atoms with van der Waals surface area (Å²) in [7, 11) is 0. The third kappa shape index (κ3) is 4.73. The zero-order valence-corrected chi connectivity index (χ0v) is 13.0. The van der Waals surface area contributed by atoms with E-state index in [9.17, 15) is 14.7 Å². The molecule has 0 radical (unpaired) electrons. The largest absolute Gasteiger partial charge is 0.481 e. The van der Waals surface area contributed by atoms with Crippen LogP contribution in [0.5, 0.6) is 0 Å². The minimum Gasteiger partial charge on any atom is -0.481 e. The molecule has 0 spiro atoms. The van der Waals surface area contributed by atoms with Crippen LogP contribution < -0.4 is 10.6 Å². The topological polar surface area (TPSA) is 78.4 Å². The Morgan fingerprint density at radius 2 is 1.58 bits per heavy atom. The highest BCUT2D eigenvalue weighted by Gasteiger charge is 2.44. The van der Waals surface area contributed by atoms with Crippen molar-refractivity contribution in [3.8, 4) is 0 Å². The van der Waals surface area contributed by atoms with Gasteiger partial charge in [0.2, 0.25) is 0 Å². The molecule has 0 bridgehead atoms. The molecule has 19 heavy (non-hydrogen) atoms. The van der Waals surface area contributed by atoms with E-state index < -0.39 is 16.9 Å². The van der Waals surface area contributed by atoms with Gasteiger partial charge in [0.15, 0.2) is 0 Å². The van der Waals surface area contributed by atoms with Gasteiger partial charge in [0.25, 0.3) is 0 Å². The number of amides is 2. The highest BCUT2D eigenvalue weighted by Crippen LogP contribution is 2.30. The maximum atomic E-state index is 11.8. The molecule has 112 valence electrons. The first-order valence-corrected chi connectivity index (χ1v) is 6.87. The lowest BCUT2D eigenvalue weighted by atomic mass is 9.74. The molecule has 0 aliphatic heterocycles. The number of carbonyl (C=O) groups is 2. The molecule has 0 aromatic heterocycles. The molecular weight excluding hydrogens is 244 g/mol. The molecule has 0 saturated carbocycles. The Labute approximate surface area is 116 Å². The van der Waals surface area contributed by atoms with E-state index in [1.807, 2.05) is 0 Å². The summed E-state index contributed by atoms with van der Waals surface area (Å²) in [5.74, 6) is -0.473. The van der Waals surface area contributed by atoms with E-state index in [1.54, 1.807) is 27.7 Å². The predicted molar refractivity (Wildman–Crippen MR) is 76.1 cm³/mol. The first-order chi connectivity index (χ1) is 8.58. The van der Waals surface area contributed by atoms with Crippen molar-refractivity contribution >= 4 is 12.0 Å². The SMILES string of the molecule is CCC(CC)CNC(=O)NC(C)(C)C(C)(C)C(=O)O. The molecule has 0 aromatic rings. The summed E-state index contributed by atoms with van der Waals surface area (Å²) in [6.07, 6.45) is 2.03. The molecule has 0 atom stereocenters. The highest BCUT2D eigenvalue weighted by atomic mass is 16.4. The molecule has 0 fully saturated rings. The van der Waals surface area contributed by atoms with E-state index in [-0.39, 0.29) is 6.03 Å². The molecule has 0 aliphatic carbocycles. The second-order valence-electron chi connectivity index (χ2n) is 6.07. The average molecular weight is 272 g/mol. The minimum absolute atomic E-state index is 0.314. The Morgan fingerprint density at radius 1 is 1.11 bits per heavy atom. The average Bonchev–Trinajstić information content (AvgIpc) is 2.29. The first-order valence-electron chi connectivity index (χ1n) is 6.87. The van der Waals surface area contributed by atoms with Gasteiger partial charge in [-0.2, -0.15) is 0 Å². The number of rotatable bonds is 7. The molecule has 0 aromatic carbocycles. The summed E-state index contributed by atoms with van der Waals surface area (Å²) >= 11 is 0. The van der Waals surface area contributed by atoms with Crippen LogP contribution in [0.15, 0.2) is 0 Å². The van der Waals surface area contributed by atoms with E-state index in [0.717, 1.165) is 12.8 Å². The summed E-state index contributed by atoms with van der Waals surface area (Å²) in [5, 5.41) is 14.8. The monoisotopic (exact) mass is 272 g/mol. The molecule has 0 rings (SSSR count). The van der Waals surface area contributed by atoms with Gasteiger partial charge in [-0.05, 0) is 33.6 Å². The van der Waals surface area contributed by atoms with Crippen LogP contribution in [0.1, 0.15) is 54.4 Å². The molecule has 3 N–H and O–H groups in total. The van der Waals surface area contributed by atoms with Crippen molar-refractivity contribution in [3.63, 3.8) is 0 Å². The van der Waals surface area contributed by atoms with Gasteiger partial charge in [-0.25, -0.2) is 4.79 Å². The molecule has 0 unspecified atom stereocenters. The van der Waals surface area contributed by atoms with E-state index >= 15 is 0 Å². The minimum atomic E-state index is -1.04. The van der Waals surface area contributed by atoms with Crippen LogP contribution >= 0.6 is 0 Å². The number of hydrogen-bond acceptors (Lipinski definition) is 2. The van der Waals surface area contributed by atoms with E-state index in [4.69, 9.17) is 0 Å². The lowest BCUT2D eigenvalue weighted by Gasteiger charge is -2.38. The molecule has 2 amide bonds. The van der Waals surface area contributed by atoms with Crippen molar-refractivity contribution in [1.82, 2.24) is 10.6 Å². The van der Waals surface area contributed by atoms with Crippen LogP contribution in [0.25, 0.3) is 0 Å². The lowest BCUT2D eigenvalue weighted by molar-refractivity contribution is -0.150. The van der Waals surface area contributed by atoms with Gasteiger partial charge in [-0.3, -0.25) is 4.79 Å². The van der Waals surface area contributed by atoms with Crippen molar-refractivity contribution in [2.24, 2.45) is 11.3 Å². The third-order valence-electron chi connectivity index (χ3n) is 4.23. The van der Waals surface area contributed by atoms with Crippen LogP contribution in [0.2, 0.25) is 0 Å². The molecule has 5 nitrogen and oxygen atoms in total. The van der Waals surface area contributed by atoms with Crippen LogP contribution in [0, 0.1) is 11.3 Å². The number of carboxylic acids is 1. The smallest absolute Gasteiger partial charge is 0.315 e. The predicted octanol–water partition coefficient (Wildman–Crippen LogP) is 2.61. The van der Waals surface area contributed by atoms with Crippen LogP contribution in [-0.2, 0) is 4.79 Å². The van der Waals surface area contributed by atoms with Gasteiger partial charge in [-0.15, -0.1) is 0 Å². The summed E-state index contributed by atoms with van der Waals surface area (Å²) in [6.45, 7) is 11.4. The van der Waals surface area contributed by atoms with Gasteiger partial charge in [0.1, 0.15) is 0 Å². The Balaban J connectivity index is 4.51. The van der Waals surface area contributed by atoms with Crippen molar-refractivity contribution in [2.45, 2.75) is 59.9 Å². The van der Waals surface area contributed by atoms with E-state index in [1.165, 1.54) is 0 Å². The highest BCUT2D eigenvalue weighted by molar-refractivity contribution is 5.79.